The number of anilines is 1. The standard InChI is InChI=1S/C23H28N2O4S/c1-17-8-13-21(30(27,28)25-19-9-11-20(29-2)12-10-19)16-22(17)23(26)24-15-14-18-6-4-3-5-7-18/h6,8-13,16,25H,3-5,7,14-15H2,1-2H3,(H,24,26). The Kier molecular flexibility index (Phi) is 7.15. The summed E-state index contributed by atoms with van der Waals surface area (Å²) < 4.78 is 33.2. The molecule has 0 saturated carbocycles. The highest BCUT2D eigenvalue weighted by molar-refractivity contribution is 7.92. The third-order valence-corrected chi connectivity index (χ3v) is 6.60. The predicted octanol–water partition coefficient (Wildman–Crippen LogP) is 4.42. The van der Waals surface area contributed by atoms with Gasteiger partial charge in [-0.3, -0.25) is 9.52 Å². The molecule has 6 nitrogen and oxygen atoms in total. The van der Waals surface area contributed by atoms with Crippen LogP contribution < -0.4 is 14.8 Å². The van der Waals surface area contributed by atoms with Crippen molar-refractivity contribution in [1.29, 1.82) is 0 Å². The molecule has 0 atom stereocenters. The van der Waals surface area contributed by atoms with E-state index < -0.39 is 10.0 Å². The Balaban J connectivity index is 1.69. The summed E-state index contributed by atoms with van der Waals surface area (Å²) in [6.07, 6.45) is 7.75. The molecule has 1 amide bonds. The van der Waals surface area contributed by atoms with Crippen molar-refractivity contribution in [2.24, 2.45) is 0 Å². The van der Waals surface area contributed by atoms with Crippen LogP contribution in [0.5, 0.6) is 5.75 Å². The van der Waals surface area contributed by atoms with Crippen LogP contribution >= 0.6 is 0 Å². The Bertz CT molecular complexity index is 1030. The van der Waals surface area contributed by atoms with Crippen LogP contribution in [0, 0.1) is 6.92 Å². The van der Waals surface area contributed by atoms with E-state index in [9.17, 15) is 13.2 Å². The summed E-state index contributed by atoms with van der Waals surface area (Å²) in [4.78, 5) is 12.7. The Morgan fingerprint density at radius 2 is 1.87 bits per heavy atom. The number of amides is 1. The molecule has 30 heavy (non-hydrogen) atoms. The number of carbonyl (C=O) groups excluding carboxylic acids is 1. The second kappa shape index (κ2) is 9.80. The van der Waals surface area contributed by atoms with Crippen LogP contribution in [-0.2, 0) is 10.0 Å². The number of sulfonamides is 1. The molecule has 2 aromatic carbocycles. The zero-order valence-electron chi connectivity index (χ0n) is 17.4. The van der Waals surface area contributed by atoms with Gasteiger partial charge >= 0.3 is 0 Å². The number of hydrogen-bond donors (Lipinski definition) is 2. The molecule has 0 radical (unpaired) electrons. The molecule has 1 aliphatic rings. The minimum atomic E-state index is -3.82. The first-order valence-corrected chi connectivity index (χ1v) is 11.6. The van der Waals surface area contributed by atoms with Crippen LogP contribution in [0.15, 0.2) is 59.0 Å². The van der Waals surface area contributed by atoms with Gasteiger partial charge in [0.2, 0.25) is 0 Å². The van der Waals surface area contributed by atoms with Crippen LogP contribution in [-0.4, -0.2) is 28.0 Å². The summed E-state index contributed by atoms with van der Waals surface area (Å²) in [6, 6.07) is 11.2. The first kappa shape index (κ1) is 21.9. The van der Waals surface area contributed by atoms with Crippen molar-refractivity contribution in [2.75, 3.05) is 18.4 Å². The fraction of sp³-hybridized carbons (Fsp3) is 0.348. The molecule has 2 aromatic rings. The minimum absolute atomic E-state index is 0.0454. The first-order chi connectivity index (χ1) is 14.4. The zero-order valence-corrected chi connectivity index (χ0v) is 18.2. The average molecular weight is 429 g/mol. The van der Waals surface area contributed by atoms with E-state index in [1.54, 1.807) is 44.4 Å². The SMILES string of the molecule is COc1ccc(NS(=O)(=O)c2ccc(C)c(C(=O)NCCC3=CCCCC3)c2)cc1. The second-order valence-electron chi connectivity index (χ2n) is 7.42. The van der Waals surface area contributed by atoms with Gasteiger partial charge in [-0.2, -0.15) is 0 Å². The quantitative estimate of drug-likeness (QED) is 0.610. The molecule has 0 aliphatic heterocycles. The van der Waals surface area contributed by atoms with E-state index in [2.05, 4.69) is 16.1 Å². The number of methoxy groups -OCH3 is 1. The zero-order chi connectivity index (χ0) is 21.6. The third-order valence-electron chi connectivity index (χ3n) is 5.22. The maximum atomic E-state index is 12.8. The highest BCUT2D eigenvalue weighted by Gasteiger charge is 2.18. The van der Waals surface area contributed by atoms with E-state index in [1.165, 1.54) is 30.5 Å². The van der Waals surface area contributed by atoms with Gasteiger partial charge in [-0.05, 0) is 81.0 Å². The fourth-order valence-electron chi connectivity index (χ4n) is 3.45. The molecule has 2 N–H and O–H groups in total. The number of ether oxygens (including phenoxy) is 1. The maximum absolute atomic E-state index is 12.8. The summed E-state index contributed by atoms with van der Waals surface area (Å²) in [6.45, 7) is 2.34. The van der Waals surface area contributed by atoms with Gasteiger partial charge in [-0.15, -0.1) is 0 Å². The van der Waals surface area contributed by atoms with Gasteiger partial charge in [0.05, 0.1) is 12.0 Å². The summed E-state index contributed by atoms with van der Waals surface area (Å²) >= 11 is 0. The Morgan fingerprint density at radius 3 is 2.53 bits per heavy atom. The average Bonchev–Trinajstić information content (AvgIpc) is 2.75. The van der Waals surface area contributed by atoms with E-state index in [-0.39, 0.29) is 10.8 Å². The summed E-state index contributed by atoms with van der Waals surface area (Å²) in [5, 5.41) is 2.92. The van der Waals surface area contributed by atoms with Gasteiger partial charge in [0.25, 0.3) is 15.9 Å². The van der Waals surface area contributed by atoms with Crippen molar-refractivity contribution < 1.29 is 17.9 Å². The number of hydrogen-bond acceptors (Lipinski definition) is 4. The van der Waals surface area contributed by atoms with Gasteiger partial charge in [0.1, 0.15) is 5.75 Å². The van der Waals surface area contributed by atoms with Gasteiger partial charge in [-0.25, -0.2) is 8.42 Å². The smallest absolute Gasteiger partial charge is 0.261 e. The molecule has 0 unspecified atom stereocenters. The normalized spacial score (nSPS) is 14.0. The predicted molar refractivity (Wildman–Crippen MR) is 118 cm³/mol. The molecule has 0 bridgehead atoms. The van der Waals surface area contributed by atoms with E-state index in [4.69, 9.17) is 4.74 Å². The van der Waals surface area contributed by atoms with Crippen LogP contribution in [0.3, 0.4) is 0 Å². The molecule has 0 saturated heterocycles. The van der Waals surface area contributed by atoms with Crippen LogP contribution in [0.25, 0.3) is 0 Å². The minimum Gasteiger partial charge on any atom is -0.497 e. The maximum Gasteiger partial charge on any atom is 0.261 e. The summed E-state index contributed by atoms with van der Waals surface area (Å²) in [7, 11) is -2.28. The van der Waals surface area contributed by atoms with Gasteiger partial charge < -0.3 is 10.1 Å². The number of benzene rings is 2. The molecule has 0 heterocycles. The lowest BCUT2D eigenvalue weighted by molar-refractivity contribution is 0.0953. The van der Waals surface area contributed by atoms with Gasteiger partial charge in [0.15, 0.2) is 0 Å². The van der Waals surface area contributed by atoms with Crippen molar-refractivity contribution in [3.63, 3.8) is 0 Å². The molecule has 160 valence electrons. The van der Waals surface area contributed by atoms with Crippen LogP contribution in [0.2, 0.25) is 0 Å². The molecule has 7 heteroatoms. The van der Waals surface area contributed by atoms with Crippen molar-refractivity contribution in [3.8, 4) is 5.75 Å². The largest absolute Gasteiger partial charge is 0.497 e. The number of aryl methyl sites for hydroxylation is 1. The number of carbonyl (C=O) groups is 1. The first-order valence-electron chi connectivity index (χ1n) is 10.1. The highest BCUT2D eigenvalue weighted by Crippen LogP contribution is 2.22. The van der Waals surface area contributed by atoms with Crippen LogP contribution in [0.4, 0.5) is 5.69 Å². The molecule has 1 aliphatic carbocycles. The lowest BCUT2D eigenvalue weighted by Crippen LogP contribution is -2.26. The van der Waals surface area contributed by atoms with Gasteiger partial charge in [0, 0.05) is 17.8 Å². The molecule has 0 spiro atoms. The van der Waals surface area contributed by atoms with Gasteiger partial charge in [-0.1, -0.05) is 17.7 Å². The molecule has 0 fully saturated rings. The molecule has 0 aromatic heterocycles. The monoisotopic (exact) mass is 428 g/mol. The molecular weight excluding hydrogens is 400 g/mol. The summed E-state index contributed by atoms with van der Waals surface area (Å²) in [5.74, 6) is 0.377. The number of rotatable bonds is 8. The Morgan fingerprint density at radius 1 is 1.10 bits per heavy atom. The van der Waals surface area contributed by atoms with E-state index in [1.807, 2.05) is 0 Å². The van der Waals surface area contributed by atoms with Crippen molar-refractivity contribution in [2.45, 2.75) is 43.9 Å². The van der Waals surface area contributed by atoms with E-state index in [0.29, 0.717) is 23.5 Å². The van der Waals surface area contributed by atoms with Crippen molar-refractivity contribution in [1.82, 2.24) is 5.32 Å². The lowest BCUT2D eigenvalue weighted by Gasteiger charge is -2.14. The van der Waals surface area contributed by atoms with Crippen molar-refractivity contribution >= 4 is 21.6 Å². The number of nitrogens with one attached hydrogen (secondary N) is 2. The van der Waals surface area contributed by atoms with E-state index in [0.717, 1.165) is 24.8 Å². The van der Waals surface area contributed by atoms with Crippen molar-refractivity contribution in [3.05, 3.63) is 65.2 Å². The van der Waals surface area contributed by atoms with E-state index >= 15 is 0 Å². The number of allylic oxidation sites excluding steroid dienone is 1. The lowest BCUT2D eigenvalue weighted by atomic mass is 9.97. The third kappa shape index (κ3) is 5.63. The molecular formula is C23H28N2O4S. The fourth-order valence-corrected chi connectivity index (χ4v) is 4.53. The Labute approximate surface area is 178 Å². The highest BCUT2D eigenvalue weighted by atomic mass is 32.2. The summed E-state index contributed by atoms with van der Waals surface area (Å²) in [5.41, 5.74) is 2.90. The van der Waals surface area contributed by atoms with Crippen LogP contribution in [0.1, 0.15) is 48.0 Å². The Hall–Kier alpha value is -2.80. The topological polar surface area (TPSA) is 84.5 Å². The molecule has 3 rings (SSSR count). The second-order valence-corrected chi connectivity index (χ2v) is 9.11.